The van der Waals surface area contributed by atoms with Gasteiger partial charge in [0.05, 0.1) is 12.8 Å². The number of amides is 1. The van der Waals surface area contributed by atoms with Crippen LogP contribution in [0.25, 0.3) is 11.1 Å². The van der Waals surface area contributed by atoms with Gasteiger partial charge in [0.2, 0.25) is 0 Å². The molecule has 0 radical (unpaired) electrons. The van der Waals surface area contributed by atoms with Gasteiger partial charge in [0.1, 0.15) is 10.6 Å². The number of benzene rings is 1. The SMILES string of the molecule is Cc1ccc(-c2ccsc2C(=O)O[C@@H](C)C(=O)NCc2ccco2)cc1. The lowest BCUT2D eigenvalue weighted by atomic mass is 10.1. The molecule has 134 valence electrons. The number of furan rings is 1. The molecule has 0 aliphatic rings. The number of aryl methyl sites for hydroxylation is 1. The Kier molecular flexibility index (Phi) is 5.53. The second-order valence-corrected chi connectivity index (χ2v) is 6.79. The van der Waals surface area contributed by atoms with Crippen LogP contribution >= 0.6 is 11.3 Å². The number of thiophene rings is 1. The smallest absolute Gasteiger partial charge is 0.349 e. The number of carbonyl (C=O) groups excluding carboxylic acids is 2. The number of carbonyl (C=O) groups is 2. The van der Waals surface area contributed by atoms with Gasteiger partial charge in [-0.3, -0.25) is 4.79 Å². The lowest BCUT2D eigenvalue weighted by Gasteiger charge is -2.13. The summed E-state index contributed by atoms with van der Waals surface area (Å²) in [6, 6.07) is 13.3. The van der Waals surface area contributed by atoms with Crippen molar-refractivity contribution in [1.82, 2.24) is 5.32 Å². The molecule has 1 amide bonds. The number of hydrogen-bond donors (Lipinski definition) is 1. The normalized spacial score (nSPS) is 11.8. The molecule has 26 heavy (non-hydrogen) atoms. The lowest BCUT2D eigenvalue weighted by molar-refractivity contribution is -0.129. The maximum atomic E-state index is 12.5. The van der Waals surface area contributed by atoms with Gasteiger partial charge in [-0.05, 0) is 43.0 Å². The molecule has 5 nitrogen and oxygen atoms in total. The quantitative estimate of drug-likeness (QED) is 0.662. The van der Waals surface area contributed by atoms with Gasteiger partial charge >= 0.3 is 5.97 Å². The molecule has 0 aliphatic carbocycles. The molecule has 0 bridgehead atoms. The summed E-state index contributed by atoms with van der Waals surface area (Å²) in [6.45, 7) is 3.81. The highest BCUT2D eigenvalue weighted by Gasteiger charge is 2.22. The molecule has 2 aromatic heterocycles. The second kappa shape index (κ2) is 8.01. The van der Waals surface area contributed by atoms with Gasteiger partial charge in [0.25, 0.3) is 5.91 Å². The number of rotatable bonds is 6. The van der Waals surface area contributed by atoms with E-state index in [0.29, 0.717) is 10.6 Å². The zero-order chi connectivity index (χ0) is 18.5. The zero-order valence-electron chi connectivity index (χ0n) is 14.5. The Morgan fingerprint density at radius 2 is 1.96 bits per heavy atom. The second-order valence-electron chi connectivity index (χ2n) is 5.87. The van der Waals surface area contributed by atoms with Crippen LogP contribution < -0.4 is 5.32 Å². The Hall–Kier alpha value is -2.86. The van der Waals surface area contributed by atoms with E-state index < -0.39 is 12.1 Å². The zero-order valence-corrected chi connectivity index (χ0v) is 15.3. The minimum Gasteiger partial charge on any atom is -0.467 e. The summed E-state index contributed by atoms with van der Waals surface area (Å²) in [5.74, 6) is -0.240. The van der Waals surface area contributed by atoms with E-state index in [2.05, 4.69) is 5.32 Å². The summed E-state index contributed by atoms with van der Waals surface area (Å²) >= 11 is 1.30. The lowest BCUT2D eigenvalue weighted by Crippen LogP contribution is -2.35. The molecule has 0 unspecified atom stereocenters. The first-order valence-corrected chi connectivity index (χ1v) is 9.08. The van der Waals surface area contributed by atoms with Crippen LogP contribution in [0.2, 0.25) is 0 Å². The van der Waals surface area contributed by atoms with E-state index in [9.17, 15) is 9.59 Å². The fraction of sp³-hybridized carbons (Fsp3) is 0.200. The van der Waals surface area contributed by atoms with Crippen molar-refractivity contribution in [3.8, 4) is 11.1 Å². The summed E-state index contributed by atoms with van der Waals surface area (Å²) in [5, 5.41) is 4.52. The van der Waals surface area contributed by atoms with E-state index in [-0.39, 0.29) is 12.5 Å². The van der Waals surface area contributed by atoms with Crippen LogP contribution in [-0.2, 0) is 16.1 Å². The molecule has 0 spiro atoms. The van der Waals surface area contributed by atoms with Gasteiger partial charge in [-0.25, -0.2) is 4.79 Å². The van der Waals surface area contributed by atoms with Crippen LogP contribution in [0.5, 0.6) is 0 Å². The fourth-order valence-corrected chi connectivity index (χ4v) is 3.22. The molecule has 0 aliphatic heterocycles. The van der Waals surface area contributed by atoms with Crippen molar-refractivity contribution in [2.45, 2.75) is 26.5 Å². The van der Waals surface area contributed by atoms with E-state index >= 15 is 0 Å². The summed E-state index contributed by atoms with van der Waals surface area (Å²) in [4.78, 5) is 25.1. The van der Waals surface area contributed by atoms with Crippen molar-refractivity contribution in [3.63, 3.8) is 0 Å². The molecule has 6 heteroatoms. The van der Waals surface area contributed by atoms with Crippen LogP contribution in [0.15, 0.2) is 58.5 Å². The predicted octanol–water partition coefficient (Wildman–Crippen LogP) is 4.18. The Balaban J connectivity index is 1.63. The third kappa shape index (κ3) is 4.21. The first kappa shape index (κ1) is 17.9. The summed E-state index contributed by atoms with van der Waals surface area (Å²) < 4.78 is 10.5. The third-order valence-electron chi connectivity index (χ3n) is 3.88. The highest BCUT2D eigenvalue weighted by Crippen LogP contribution is 2.29. The largest absolute Gasteiger partial charge is 0.467 e. The van der Waals surface area contributed by atoms with Crippen molar-refractivity contribution in [2.75, 3.05) is 0 Å². The monoisotopic (exact) mass is 369 g/mol. The highest BCUT2D eigenvalue weighted by atomic mass is 32.1. The molecule has 1 N–H and O–H groups in total. The van der Waals surface area contributed by atoms with E-state index in [0.717, 1.165) is 16.7 Å². The van der Waals surface area contributed by atoms with Gasteiger partial charge in [0, 0.05) is 5.56 Å². The average molecular weight is 369 g/mol. The van der Waals surface area contributed by atoms with E-state index in [1.54, 1.807) is 19.1 Å². The maximum absolute atomic E-state index is 12.5. The van der Waals surface area contributed by atoms with Crippen LogP contribution in [0.1, 0.15) is 27.9 Å². The highest BCUT2D eigenvalue weighted by molar-refractivity contribution is 7.12. The van der Waals surface area contributed by atoms with Gasteiger partial charge < -0.3 is 14.5 Å². The minimum absolute atomic E-state index is 0.251. The van der Waals surface area contributed by atoms with Crippen molar-refractivity contribution >= 4 is 23.2 Å². The van der Waals surface area contributed by atoms with Gasteiger partial charge in [0.15, 0.2) is 6.10 Å². The number of hydrogen-bond acceptors (Lipinski definition) is 5. The molecule has 0 fully saturated rings. The third-order valence-corrected chi connectivity index (χ3v) is 4.78. The molecule has 0 saturated heterocycles. The molecule has 2 heterocycles. The van der Waals surface area contributed by atoms with E-state index in [4.69, 9.17) is 9.15 Å². The Labute approximate surface area is 155 Å². The van der Waals surface area contributed by atoms with E-state index in [1.807, 2.05) is 42.6 Å². The standard InChI is InChI=1S/C20H19NO4S/c1-13-5-7-15(8-6-13)17-9-11-26-18(17)20(23)25-14(2)19(22)21-12-16-4-3-10-24-16/h3-11,14H,12H2,1-2H3,(H,21,22)/t14-/m0/s1. The van der Waals surface area contributed by atoms with Crippen LogP contribution in [-0.4, -0.2) is 18.0 Å². The van der Waals surface area contributed by atoms with Gasteiger partial charge in [-0.2, -0.15) is 0 Å². The van der Waals surface area contributed by atoms with Crippen molar-refractivity contribution < 1.29 is 18.7 Å². The Morgan fingerprint density at radius 3 is 2.65 bits per heavy atom. The van der Waals surface area contributed by atoms with Crippen molar-refractivity contribution in [2.24, 2.45) is 0 Å². The fourth-order valence-electron chi connectivity index (χ4n) is 2.43. The van der Waals surface area contributed by atoms with Gasteiger partial charge in [-0.15, -0.1) is 11.3 Å². The summed E-state index contributed by atoms with van der Waals surface area (Å²) in [5.41, 5.74) is 2.90. The molecule has 1 aromatic carbocycles. The Bertz CT molecular complexity index is 881. The first-order valence-electron chi connectivity index (χ1n) is 8.20. The van der Waals surface area contributed by atoms with Crippen LogP contribution in [0, 0.1) is 6.92 Å². The average Bonchev–Trinajstić information content (AvgIpc) is 3.32. The van der Waals surface area contributed by atoms with Crippen LogP contribution in [0.4, 0.5) is 0 Å². The Morgan fingerprint density at radius 1 is 1.19 bits per heavy atom. The maximum Gasteiger partial charge on any atom is 0.349 e. The van der Waals surface area contributed by atoms with E-state index in [1.165, 1.54) is 17.6 Å². The molecule has 3 aromatic rings. The van der Waals surface area contributed by atoms with Crippen LogP contribution in [0.3, 0.4) is 0 Å². The molecular weight excluding hydrogens is 350 g/mol. The topological polar surface area (TPSA) is 68.5 Å². The number of esters is 1. The summed E-state index contributed by atoms with van der Waals surface area (Å²) in [6.07, 6.45) is 0.638. The molecular formula is C20H19NO4S. The van der Waals surface area contributed by atoms with Crippen molar-refractivity contribution in [1.29, 1.82) is 0 Å². The number of nitrogens with one attached hydrogen (secondary N) is 1. The van der Waals surface area contributed by atoms with Crippen molar-refractivity contribution in [3.05, 3.63) is 70.3 Å². The molecule has 1 atom stereocenters. The summed E-state index contributed by atoms with van der Waals surface area (Å²) in [7, 11) is 0. The van der Waals surface area contributed by atoms with Gasteiger partial charge in [-0.1, -0.05) is 29.8 Å². The molecule has 0 saturated carbocycles. The minimum atomic E-state index is -0.898. The molecule has 3 rings (SSSR count). The number of ether oxygens (including phenoxy) is 1. The first-order chi connectivity index (χ1) is 12.5. The predicted molar refractivity (Wildman–Crippen MR) is 99.9 cm³/mol.